The quantitative estimate of drug-likeness (QED) is 0.859. The van der Waals surface area contributed by atoms with Crippen LogP contribution in [0.1, 0.15) is 16.0 Å². The molecule has 1 aromatic carbocycles. The van der Waals surface area contributed by atoms with Gasteiger partial charge in [0.15, 0.2) is 0 Å². The Hall–Kier alpha value is -0.840. The Morgan fingerprint density at radius 2 is 2.06 bits per heavy atom. The first kappa shape index (κ1) is 11.3. The van der Waals surface area contributed by atoms with Gasteiger partial charge in [-0.3, -0.25) is 4.90 Å². The predicted molar refractivity (Wildman–Crippen MR) is 75.8 cm³/mol. The maximum Gasteiger partial charge on any atom is 0.0335 e. The number of fused-ring (bicyclic) bond motifs is 1. The lowest BCUT2D eigenvalue weighted by Crippen LogP contribution is -2.14. The Labute approximate surface area is 113 Å². The molecule has 4 heteroatoms. The highest BCUT2D eigenvalue weighted by molar-refractivity contribution is 9.10. The first-order chi connectivity index (χ1) is 8.20. The zero-order chi connectivity index (χ0) is 11.8. The molecule has 0 aliphatic carbocycles. The van der Waals surface area contributed by atoms with Crippen LogP contribution in [0.3, 0.4) is 0 Å². The molecule has 0 fully saturated rings. The fourth-order valence-corrected chi connectivity index (χ4v) is 3.75. The number of nitrogen functional groups attached to an aromatic ring is 1. The van der Waals surface area contributed by atoms with Crippen LogP contribution >= 0.6 is 27.3 Å². The standard InChI is InChI=1S/C13H13BrN2S/c14-11-4-13(17-8-11)7-16-5-9-1-2-12(15)3-10(9)6-16/h1-4,8H,5-7,15H2. The minimum absolute atomic E-state index is 0.865. The number of rotatable bonds is 2. The van der Waals surface area contributed by atoms with Crippen molar-refractivity contribution in [3.63, 3.8) is 0 Å². The van der Waals surface area contributed by atoms with Crippen molar-refractivity contribution in [2.45, 2.75) is 19.6 Å². The maximum absolute atomic E-state index is 5.81. The highest BCUT2D eigenvalue weighted by atomic mass is 79.9. The van der Waals surface area contributed by atoms with E-state index in [-0.39, 0.29) is 0 Å². The predicted octanol–water partition coefficient (Wildman–Crippen LogP) is 3.61. The van der Waals surface area contributed by atoms with Crippen molar-refractivity contribution in [1.29, 1.82) is 0 Å². The van der Waals surface area contributed by atoms with E-state index in [9.17, 15) is 0 Å². The molecule has 17 heavy (non-hydrogen) atoms. The fraction of sp³-hybridized carbons (Fsp3) is 0.231. The second-order valence-electron chi connectivity index (χ2n) is 4.40. The van der Waals surface area contributed by atoms with Crippen molar-refractivity contribution >= 4 is 33.0 Å². The summed E-state index contributed by atoms with van der Waals surface area (Å²) in [7, 11) is 0. The highest BCUT2D eigenvalue weighted by Gasteiger charge is 2.19. The summed E-state index contributed by atoms with van der Waals surface area (Å²) >= 11 is 5.30. The molecule has 88 valence electrons. The van der Waals surface area contributed by atoms with Gasteiger partial charge in [0, 0.05) is 40.1 Å². The van der Waals surface area contributed by atoms with Crippen LogP contribution in [0.25, 0.3) is 0 Å². The number of thiophene rings is 1. The summed E-state index contributed by atoms with van der Waals surface area (Å²) in [6.07, 6.45) is 0. The molecular formula is C13H13BrN2S. The summed E-state index contributed by atoms with van der Waals surface area (Å²) in [5.74, 6) is 0. The minimum Gasteiger partial charge on any atom is -0.399 e. The van der Waals surface area contributed by atoms with Gasteiger partial charge in [-0.2, -0.15) is 0 Å². The fourth-order valence-electron chi connectivity index (χ4n) is 2.25. The minimum atomic E-state index is 0.865. The summed E-state index contributed by atoms with van der Waals surface area (Å²) in [5, 5.41) is 2.14. The molecule has 0 atom stereocenters. The third kappa shape index (κ3) is 2.39. The topological polar surface area (TPSA) is 29.3 Å². The third-order valence-corrected chi connectivity index (χ3v) is 4.70. The maximum atomic E-state index is 5.81. The molecule has 1 aromatic heterocycles. The number of hydrogen-bond donors (Lipinski definition) is 1. The van der Waals surface area contributed by atoms with Crippen LogP contribution in [0.5, 0.6) is 0 Å². The molecule has 0 bridgehead atoms. The van der Waals surface area contributed by atoms with Crippen molar-refractivity contribution in [3.05, 3.63) is 50.1 Å². The lowest BCUT2D eigenvalue weighted by atomic mass is 10.1. The average Bonchev–Trinajstić information content (AvgIpc) is 2.84. The third-order valence-electron chi connectivity index (χ3n) is 3.02. The van der Waals surface area contributed by atoms with Crippen molar-refractivity contribution in [1.82, 2.24) is 4.90 Å². The summed E-state index contributed by atoms with van der Waals surface area (Å²) < 4.78 is 1.18. The second-order valence-corrected chi connectivity index (χ2v) is 6.32. The van der Waals surface area contributed by atoms with Gasteiger partial charge in [-0.25, -0.2) is 0 Å². The number of anilines is 1. The average molecular weight is 309 g/mol. The van der Waals surface area contributed by atoms with E-state index < -0.39 is 0 Å². The van der Waals surface area contributed by atoms with Gasteiger partial charge in [0.25, 0.3) is 0 Å². The molecule has 0 saturated heterocycles. The van der Waals surface area contributed by atoms with Crippen LogP contribution < -0.4 is 5.73 Å². The molecule has 0 radical (unpaired) electrons. The van der Waals surface area contributed by atoms with Gasteiger partial charge in [0.1, 0.15) is 0 Å². The van der Waals surface area contributed by atoms with Crippen LogP contribution in [0.2, 0.25) is 0 Å². The summed E-state index contributed by atoms with van der Waals surface area (Å²) in [6.45, 7) is 3.06. The van der Waals surface area contributed by atoms with Crippen LogP contribution in [-0.4, -0.2) is 4.90 Å². The first-order valence-electron chi connectivity index (χ1n) is 5.53. The highest BCUT2D eigenvalue weighted by Crippen LogP contribution is 2.28. The van der Waals surface area contributed by atoms with E-state index in [0.717, 1.165) is 25.3 Å². The van der Waals surface area contributed by atoms with E-state index in [1.54, 1.807) is 11.3 Å². The molecule has 2 heterocycles. The smallest absolute Gasteiger partial charge is 0.0335 e. The molecule has 0 amide bonds. The molecule has 3 rings (SSSR count). The molecule has 0 saturated carbocycles. The van der Waals surface area contributed by atoms with Crippen LogP contribution in [0.4, 0.5) is 5.69 Å². The van der Waals surface area contributed by atoms with E-state index in [2.05, 4.69) is 44.4 Å². The van der Waals surface area contributed by atoms with E-state index >= 15 is 0 Å². The van der Waals surface area contributed by atoms with Gasteiger partial charge >= 0.3 is 0 Å². The van der Waals surface area contributed by atoms with Gasteiger partial charge in [-0.1, -0.05) is 6.07 Å². The number of nitrogens with two attached hydrogens (primary N) is 1. The van der Waals surface area contributed by atoms with Crippen LogP contribution in [0.15, 0.2) is 34.1 Å². The van der Waals surface area contributed by atoms with E-state index in [1.165, 1.54) is 20.5 Å². The zero-order valence-electron chi connectivity index (χ0n) is 9.32. The molecule has 0 unspecified atom stereocenters. The Morgan fingerprint density at radius 3 is 2.82 bits per heavy atom. The molecule has 2 N–H and O–H groups in total. The van der Waals surface area contributed by atoms with Gasteiger partial charge in [-0.05, 0) is 45.3 Å². The molecular weight excluding hydrogens is 296 g/mol. The first-order valence-corrected chi connectivity index (χ1v) is 7.20. The molecule has 1 aliphatic heterocycles. The zero-order valence-corrected chi connectivity index (χ0v) is 11.7. The largest absolute Gasteiger partial charge is 0.399 e. The number of nitrogens with zero attached hydrogens (tertiary/aromatic N) is 1. The lowest BCUT2D eigenvalue weighted by molar-refractivity contribution is 0.278. The Bertz CT molecular complexity index is 548. The summed E-state index contributed by atoms with van der Waals surface area (Å²) in [4.78, 5) is 3.85. The molecule has 1 aliphatic rings. The Morgan fingerprint density at radius 1 is 1.24 bits per heavy atom. The van der Waals surface area contributed by atoms with Crippen molar-refractivity contribution < 1.29 is 0 Å². The number of benzene rings is 1. The molecule has 0 spiro atoms. The molecule has 2 aromatic rings. The summed E-state index contributed by atoms with van der Waals surface area (Å²) in [6, 6.07) is 8.43. The van der Waals surface area contributed by atoms with Gasteiger partial charge in [0.05, 0.1) is 0 Å². The van der Waals surface area contributed by atoms with E-state index in [0.29, 0.717) is 0 Å². The molecule has 2 nitrogen and oxygen atoms in total. The normalized spacial score (nSPS) is 15.1. The number of halogens is 1. The van der Waals surface area contributed by atoms with E-state index in [1.807, 2.05) is 6.07 Å². The van der Waals surface area contributed by atoms with Gasteiger partial charge in [0.2, 0.25) is 0 Å². The van der Waals surface area contributed by atoms with Gasteiger partial charge < -0.3 is 5.73 Å². The van der Waals surface area contributed by atoms with Crippen molar-refractivity contribution in [2.24, 2.45) is 0 Å². The second kappa shape index (κ2) is 4.44. The van der Waals surface area contributed by atoms with Crippen LogP contribution in [-0.2, 0) is 19.6 Å². The Balaban J connectivity index is 1.74. The van der Waals surface area contributed by atoms with Crippen LogP contribution in [0, 0.1) is 0 Å². The van der Waals surface area contributed by atoms with E-state index in [4.69, 9.17) is 5.73 Å². The number of hydrogen-bond acceptors (Lipinski definition) is 3. The Kier molecular flexibility index (Phi) is 2.94. The SMILES string of the molecule is Nc1ccc2c(c1)CN(Cc1cc(Br)cs1)C2. The lowest BCUT2D eigenvalue weighted by Gasteiger charge is -2.12. The van der Waals surface area contributed by atoms with Crippen molar-refractivity contribution in [2.75, 3.05) is 5.73 Å². The van der Waals surface area contributed by atoms with Crippen molar-refractivity contribution in [3.8, 4) is 0 Å². The monoisotopic (exact) mass is 308 g/mol. The summed E-state index contributed by atoms with van der Waals surface area (Å²) in [5.41, 5.74) is 9.46. The van der Waals surface area contributed by atoms with Gasteiger partial charge in [-0.15, -0.1) is 11.3 Å².